The molecule has 7 rings (SSSR count). The van der Waals surface area contributed by atoms with Crippen molar-refractivity contribution in [3.63, 3.8) is 0 Å². The standard InChI is InChI=1S/C36H48N4O7/c1-20-30-19-40(31(20)21(2)41)34(42)32(36(3)12-14-45-15-13-36)39-35(43)47-29-17-22-16-25(22)24(29)8-6-5-7-9-27-33(46-30)38-28-18-23(44-4)10-11-26(28)37-27/h10-11,18,20,22,24-25,29-32H,5-9,12-17,19H2,1-4H3,(H,39,43)/t20-,22?,24-,25?,29-,30+,31+,32-/m1/s1. The van der Waals surface area contributed by atoms with Crippen molar-refractivity contribution >= 4 is 28.8 Å². The molecule has 3 aliphatic heterocycles. The highest BCUT2D eigenvalue weighted by atomic mass is 16.6. The summed E-state index contributed by atoms with van der Waals surface area (Å²) in [7, 11) is 1.62. The van der Waals surface area contributed by atoms with Crippen LogP contribution in [0.15, 0.2) is 18.2 Å². The molecule has 2 bridgehead atoms. The van der Waals surface area contributed by atoms with Crippen LogP contribution < -0.4 is 14.8 Å². The number of rotatable bonds is 3. The quantitative estimate of drug-likeness (QED) is 0.496. The Morgan fingerprint density at radius 3 is 2.60 bits per heavy atom. The van der Waals surface area contributed by atoms with Crippen molar-refractivity contribution in [1.82, 2.24) is 20.2 Å². The van der Waals surface area contributed by atoms with Crippen molar-refractivity contribution in [2.24, 2.45) is 29.1 Å². The molecule has 254 valence electrons. The molecule has 4 heterocycles. The Balaban J connectivity index is 1.25. The predicted molar refractivity (Wildman–Crippen MR) is 173 cm³/mol. The molecular formula is C36H48N4O7. The minimum Gasteiger partial charge on any atom is -0.497 e. The van der Waals surface area contributed by atoms with Gasteiger partial charge in [0.15, 0.2) is 5.78 Å². The summed E-state index contributed by atoms with van der Waals surface area (Å²) >= 11 is 0. The molecule has 8 atom stereocenters. The van der Waals surface area contributed by atoms with Crippen molar-refractivity contribution in [2.75, 3.05) is 26.9 Å². The molecule has 11 nitrogen and oxygen atoms in total. The maximum atomic E-state index is 14.6. The van der Waals surface area contributed by atoms with E-state index in [1.165, 1.54) is 13.3 Å². The minimum atomic E-state index is -0.872. The topological polar surface area (TPSA) is 129 Å². The third-order valence-electron chi connectivity index (χ3n) is 11.8. The summed E-state index contributed by atoms with van der Waals surface area (Å²) in [6.07, 6.45) is 6.83. The van der Waals surface area contributed by atoms with Crippen molar-refractivity contribution in [2.45, 2.75) is 103 Å². The largest absolute Gasteiger partial charge is 0.497 e. The van der Waals surface area contributed by atoms with Crippen LogP contribution in [-0.2, 0) is 25.5 Å². The molecule has 0 radical (unpaired) electrons. The number of ether oxygens (including phenoxy) is 4. The van der Waals surface area contributed by atoms with Gasteiger partial charge in [0.25, 0.3) is 0 Å². The summed E-state index contributed by atoms with van der Waals surface area (Å²) in [5.41, 5.74) is 1.64. The highest BCUT2D eigenvalue weighted by Crippen LogP contribution is 2.57. The summed E-state index contributed by atoms with van der Waals surface area (Å²) in [6.45, 7) is 6.68. The van der Waals surface area contributed by atoms with Gasteiger partial charge in [-0.3, -0.25) is 9.59 Å². The van der Waals surface area contributed by atoms with E-state index in [9.17, 15) is 14.4 Å². The molecule has 2 saturated carbocycles. The van der Waals surface area contributed by atoms with E-state index in [4.69, 9.17) is 28.9 Å². The second-order valence-corrected chi connectivity index (χ2v) is 14.8. The van der Waals surface area contributed by atoms with Crippen LogP contribution in [0.1, 0.15) is 77.8 Å². The lowest BCUT2D eigenvalue weighted by Gasteiger charge is -2.42. The van der Waals surface area contributed by atoms with Gasteiger partial charge >= 0.3 is 6.09 Å². The average Bonchev–Trinajstić information content (AvgIpc) is 3.62. The van der Waals surface area contributed by atoms with Crippen molar-refractivity contribution in [1.29, 1.82) is 0 Å². The Bertz CT molecular complexity index is 1530. The Hall–Kier alpha value is -3.47. The number of nitrogens with one attached hydrogen (secondary N) is 1. The zero-order chi connectivity index (χ0) is 32.9. The van der Waals surface area contributed by atoms with Gasteiger partial charge in [0.1, 0.15) is 29.7 Å². The lowest BCUT2D eigenvalue weighted by Crippen LogP contribution is -2.59. The fourth-order valence-corrected chi connectivity index (χ4v) is 8.82. The second kappa shape index (κ2) is 12.9. The Kier molecular flexibility index (Phi) is 8.78. The molecule has 5 aliphatic rings. The van der Waals surface area contributed by atoms with Crippen LogP contribution in [0.2, 0.25) is 0 Å². The molecular weight excluding hydrogens is 600 g/mol. The Morgan fingerprint density at radius 2 is 1.83 bits per heavy atom. The van der Waals surface area contributed by atoms with Crippen molar-refractivity contribution < 1.29 is 33.3 Å². The van der Waals surface area contributed by atoms with Gasteiger partial charge in [-0.1, -0.05) is 26.7 Å². The third kappa shape index (κ3) is 6.27. The number of benzene rings is 1. The number of hydrogen-bond acceptors (Lipinski definition) is 9. The molecule has 2 unspecified atom stereocenters. The average molecular weight is 649 g/mol. The number of alkyl carbamates (subject to hydrolysis) is 1. The first kappa shape index (κ1) is 32.1. The predicted octanol–water partition coefficient (Wildman–Crippen LogP) is 4.87. The summed E-state index contributed by atoms with van der Waals surface area (Å²) in [4.78, 5) is 53.0. The van der Waals surface area contributed by atoms with Gasteiger partial charge in [-0.05, 0) is 81.8 Å². The van der Waals surface area contributed by atoms with Gasteiger partial charge < -0.3 is 29.2 Å². The van der Waals surface area contributed by atoms with Gasteiger partial charge in [0.2, 0.25) is 11.8 Å². The first-order valence-corrected chi connectivity index (χ1v) is 17.5. The van der Waals surface area contributed by atoms with Crippen LogP contribution in [0.3, 0.4) is 0 Å². The first-order valence-electron chi connectivity index (χ1n) is 17.5. The number of aromatic nitrogens is 2. The number of nitrogens with zero attached hydrogens (tertiary/aromatic N) is 3. The van der Waals surface area contributed by atoms with E-state index in [0.29, 0.717) is 67.4 Å². The van der Waals surface area contributed by atoms with E-state index < -0.39 is 29.7 Å². The molecule has 2 amide bonds. The lowest BCUT2D eigenvalue weighted by molar-refractivity contribution is -0.143. The molecule has 2 aliphatic carbocycles. The Labute approximate surface area is 276 Å². The SMILES string of the molecule is COc1ccc2nc3c(nc2c1)O[C@H]1CN(C(=O)[C@H](C2(C)CCOCC2)NC(=O)O[C@@H]2CC4CC4[C@H]2CCCCC3)[C@H](C(C)=O)[C@@H]1C. The fourth-order valence-electron chi connectivity index (χ4n) is 8.82. The lowest BCUT2D eigenvalue weighted by atomic mass is 9.75. The van der Waals surface area contributed by atoms with Gasteiger partial charge in [0.05, 0.1) is 30.7 Å². The molecule has 11 heteroatoms. The molecule has 4 fully saturated rings. The van der Waals surface area contributed by atoms with Gasteiger partial charge in [-0.15, -0.1) is 0 Å². The van der Waals surface area contributed by atoms with E-state index in [0.717, 1.165) is 43.3 Å². The maximum Gasteiger partial charge on any atom is 0.408 e. The number of aryl methyl sites for hydroxylation is 1. The minimum absolute atomic E-state index is 0.121. The molecule has 1 aromatic carbocycles. The normalized spacial score (nSPS) is 34.1. The second-order valence-electron chi connectivity index (χ2n) is 14.8. The number of fused-ring (bicyclic) bond motifs is 7. The molecule has 47 heavy (non-hydrogen) atoms. The zero-order valence-electron chi connectivity index (χ0n) is 28.0. The van der Waals surface area contributed by atoms with Gasteiger partial charge in [-0.25, -0.2) is 14.8 Å². The Morgan fingerprint density at radius 1 is 1.02 bits per heavy atom. The molecule has 1 N–H and O–H groups in total. The number of ketones is 1. The molecule has 0 spiro atoms. The smallest absolute Gasteiger partial charge is 0.408 e. The summed E-state index contributed by atoms with van der Waals surface area (Å²) in [6, 6.07) is 4.06. The van der Waals surface area contributed by atoms with Crippen LogP contribution in [-0.4, -0.2) is 83.8 Å². The van der Waals surface area contributed by atoms with Gasteiger partial charge in [-0.2, -0.15) is 0 Å². The van der Waals surface area contributed by atoms with E-state index in [1.54, 1.807) is 12.0 Å². The number of methoxy groups -OCH3 is 1. The fraction of sp³-hybridized carbons (Fsp3) is 0.694. The summed E-state index contributed by atoms with van der Waals surface area (Å²) in [5, 5.41) is 3.03. The van der Waals surface area contributed by atoms with Crippen LogP contribution in [0.25, 0.3) is 11.0 Å². The number of hydrogen-bond donors (Lipinski definition) is 1. The van der Waals surface area contributed by atoms with E-state index in [-0.39, 0.29) is 30.3 Å². The van der Waals surface area contributed by atoms with E-state index in [2.05, 4.69) is 5.32 Å². The number of carbonyl (C=O) groups excluding carboxylic acids is 3. The summed E-state index contributed by atoms with van der Waals surface area (Å²) in [5.74, 6) is 1.98. The van der Waals surface area contributed by atoms with Crippen molar-refractivity contribution in [3.8, 4) is 11.6 Å². The first-order chi connectivity index (χ1) is 22.6. The third-order valence-corrected chi connectivity index (χ3v) is 11.8. The van der Waals surface area contributed by atoms with E-state index >= 15 is 0 Å². The highest BCUT2D eigenvalue weighted by Gasteiger charge is 2.55. The van der Waals surface area contributed by atoms with Gasteiger partial charge in [0, 0.05) is 30.6 Å². The van der Waals surface area contributed by atoms with Crippen LogP contribution >= 0.6 is 0 Å². The number of Topliss-reactive ketones (excluding diaryl/α,β-unsaturated/α-hetero) is 1. The molecule has 2 saturated heterocycles. The summed E-state index contributed by atoms with van der Waals surface area (Å²) < 4.78 is 23.9. The van der Waals surface area contributed by atoms with Crippen LogP contribution in [0, 0.1) is 29.1 Å². The molecule has 2 aromatic rings. The van der Waals surface area contributed by atoms with Crippen LogP contribution in [0.4, 0.5) is 4.79 Å². The van der Waals surface area contributed by atoms with Crippen molar-refractivity contribution in [3.05, 3.63) is 23.9 Å². The number of amides is 2. The molecule has 1 aromatic heterocycles. The van der Waals surface area contributed by atoms with E-state index in [1.807, 2.05) is 32.0 Å². The zero-order valence-corrected chi connectivity index (χ0v) is 28.0. The maximum absolute atomic E-state index is 14.6. The van der Waals surface area contributed by atoms with Crippen LogP contribution in [0.5, 0.6) is 11.6 Å². The highest BCUT2D eigenvalue weighted by molar-refractivity contribution is 5.92. The number of carbonyl (C=O) groups is 3. The monoisotopic (exact) mass is 648 g/mol.